The summed E-state index contributed by atoms with van der Waals surface area (Å²) >= 11 is 0. The third-order valence-corrected chi connectivity index (χ3v) is 3.19. The number of nitrogens with zero attached hydrogens (tertiary/aromatic N) is 3. The Bertz CT molecular complexity index is 494. The van der Waals surface area contributed by atoms with E-state index in [4.69, 9.17) is 10.3 Å². The summed E-state index contributed by atoms with van der Waals surface area (Å²) in [6.07, 6.45) is 8.61. The Kier molecular flexibility index (Phi) is 10.6. The molecule has 0 aliphatic carbocycles. The summed E-state index contributed by atoms with van der Waals surface area (Å²) in [5.74, 6) is -0.267. The van der Waals surface area contributed by atoms with Crippen LogP contribution in [-0.2, 0) is 9.53 Å². The third kappa shape index (κ3) is 10.7. The van der Waals surface area contributed by atoms with Crippen molar-refractivity contribution < 1.29 is 9.53 Å². The maximum atomic E-state index is 10.7. The standard InChI is InChI=1S/C17H27N3O2/c1-13(2)9-10-17(19-20-18)15(4)8-6-7-14(3)11-12-22-16(5)21/h8-9,11,17H,6-7,10,12H2,1-5H3/b14-11+,15-8+. The van der Waals surface area contributed by atoms with Crippen molar-refractivity contribution in [2.24, 2.45) is 5.11 Å². The molecule has 0 amide bonds. The number of carbonyl (C=O) groups excluding carboxylic acids is 1. The molecule has 5 heteroatoms. The van der Waals surface area contributed by atoms with Gasteiger partial charge in [0.25, 0.3) is 0 Å². The lowest BCUT2D eigenvalue weighted by Gasteiger charge is -2.10. The van der Waals surface area contributed by atoms with Crippen LogP contribution in [0.15, 0.2) is 40.1 Å². The minimum absolute atomic E-state index is 0.120. The molecule has 0 saturated heterocycles. The Balaban J connectivity index is 4.46. The van der Waals surface area contributed by atoms with Crippen LogP contribution in [0.1, 0.15) is 53.9 Å². The molecule has 0 saturated carbocycles. The average Bonchev–Trinajstić information content (AvgIpc) is 2.42. The van der Waals surface area contributed by atoms with Gasteiger partial charge in [-0.3, -0.25) is 4.79 Å². The van der Waals surface area contributed by atoms with Gasteiger partial charge in [-0.25, -0.2) is 0 Å². The number of rotatable bonds is 9. The first kappa shape index (κ1) is 20.0. The van der Waals surface area contributed by atoms with Crippen molar-refractivity contribution in [2.75, 3.05) is 6.61 Å². The monoisotopic (exact) mass is 305 g/mol. The van der Waals surface area contributed by atoms with E-state index in [1.807, 2.05) is 33.8 Å². The fraction of sp³-hybridized carbons (Fsp3) is 0.588. The zero-order valence-electron chi connectivity index (χ0n) is 14.3. The molecule has 0 aromatic rings. The summed E-state index contributed by atoms with van der Waals surface area (Å²) in [5.41, 5.74) is 12.1. The number of azide groups is 1. The van der Waals surface area contributed by atoms with Crippen molar-refractivity contribution in [3.8, 4) is 0 Å². The van der Waals surface area contributed by atoms with Crippen LogP contribution in [0.2, 0.25) is 0 Å². The molecule has 0 aliphatic heterocycles. The average molecular weight is 305 g/mol. The van der Waals surface area contributed by atoms with Crippen LogP contribution in [0.5, 0.6) is 0 Å². The first-order valence-corrected chi connectivity index (χ1v) is 7.50. The van der Waals surface area contributed by atoms with E-state index in [1.54, 1.807) is 0 Å². The largest absolute Gasteiger partial charge is 0.462 e. The molecule has 0 fully saturated rings. The highest BCUT2D eigenvalue weighted by molar-refractivity contribution is 5.66. The van der Waals surface area contributed by atoms with Crippen LogP contribution >= 0.6 is 0 Å². The second-order valence-electron chi connectivity index (χ2n) is 5.58. The number of ether oxygens (including phenoxy) is 1. The van der Waals surface area contributed by atoms with Crippen molar-refractivity contribution in [1.82, 2.24) is 0 Å². The van der Waals surface area contributed by atoms with Crippen molar-refractivity contribution in [2.45, 2.75) is 59.9 Å². The van der Waals surface area contributed by atoms with Crippen molar-refractivity contribution in [3.63, 3.8) is 0 Å². The van der Waals surface area contributed by atoms with E-state index in [2.05, 4.69) is 22.2 Å². The van der Waals surface area contributed by atoms with E-state index in [0.29, 0.717) is 6.61 Å². The normalized spacial score (nSPS) is 13.1. The second-order valence-corrected chi connectivity index (χ2v) is 5.58. The van der Waals surface area contributed by atoms with E-state index < -0.39 is 0 Å². The molecule has 0 rings (SSSR count). The molecule has 0 N–H and O–H groups in total. The van der Waals surface area contributed by atoms with Crippen LogP contribution in [0.4, 0.5) is 0 Å². The highest BCUT2D eigenvalue weighted by Crippen LogP contribution is 2.15. The van der Waals surface area contributed by atoms with Crippen LogP contribution in [0.25, 0.3) is 10.4 Å². The maximum absolute atomic E-state index is 10.7. The van der Waals surface area contributed by atoms with Gasteiger partial charge in [0.05, 0.1) is 6.04 Å². The van der Waals surface area contributed by atoms with E-state index in [9.17, 15) is 4.79 Å². The van der Waals surface area contributed by atoms with Crippen molar-refractivity contribution >= 4 is 5.97 Å². The van der Waals surface area contributed by atoms with Crippen LogP contribution in [-0.4, -0.2) is 18.6 Å². The zero-order valence-corrected chi connectivity index (χ0v) is 14.3. The van der Waals surface area contributed by atoms with Crippen molar-refractivity contribution in [1.29, 1.82) is 0 Å². The summed E-state index contributed by atoms with van der Waals surface area (Å²) in [6.45, 7) is 9.80. The fourth-order valence-electron chi connectivity index (χ4n) is 1.80. The minimum atomic E-state index is -0.267. The Morgan fingerprint density at radius 1 is 1.18 bits per heavy atom. The Morgan fingerprint density at radius 3 is 2.41 bits per heavy atom. The van der Waals surface area contributed by atoms with Crippen LogP contribution in [0, 0.1) is 0 Å². The van der Waals surface area contributed by atoms with E-state index in [0.717, 1.165) is 24.8 Å². The van der Waals surface area contributed by atoms with Crippen molar-refractivity contribution in [3.05, 3.63) is 45.4 Å². The number of hydrogen-bond donors (Lipinski definition) is 0. The summed E-state index contributed by atoms with van der Waals surface area (Å²) in [6, 6.07) is -0.120. The van der Waals surface area contributed by atoms with Gasteiger partial charge in [-0.15, -0.1) is 0 Å². The molecule has 0 aromatic heterocycles. The molecule has 5 nitrogen and oxygen atoms in total. The van der Waals surface area contributed by atoms with Gasteiger partial charge >= 0.3 is 5.97 Å². The Morgan fingerprint density at radius 2 is 1.86 bits per heavy atom. The molecule has 0 aromatic carbocycles. The molecule has 1 unspecified atom stereocenters. The van der Waals surface area contributed by atoms with Gasteiger partial charge in [0.1, 0.15) is 6.61 Å². The van der Waals surface area contributed by atoms with Gasteiger partial charge in [0, 0.05) is 11.8 Å². The predicted octanol–water partition coefficient (Wildman–Crippen LogP) is 5.26. The van der Waals surface area contributed by atoms with Crippen LogP contribution < -0.4 is 0 Å². The smallest absolute Gasteiger partial charge is 0.302 e. The maximum Gasteiger partial charge on any atom is 0.302 e. The number of esters is 1. The molecule has 122 valence electrons. The van der Waals surface area contributed by atoms with E-state index in [1.165, 1.54) is 18.1 Å². The lowest BCUT2D eigenvalue weighted by atomic mass is 10.0. The minimum Gasteiger partial charge on any atom is -0.462 e. The molecule has 0 bridgehead atoms. The molecule has 22 heavy (non-hydrogen) atoms. The highest BCUT2D eigenvalue weighted by Gasteiger charge is 2.06. The van der Waals surface area contributed by atoms with Gasteiger partial charge in [-0.2, -0.15) is 0 Å². The lowest BCUT2D eigenvalue weighted by Crippen LogP contribution is -2.04. The summed E-state index contributed by atoms with van der Waals surface area (Å²) < 4.78 is 4.87. The van der Waals surface area contributed by atoms with E-state index >= 15 is 0 Å². The summed E-state index contributed by atoms with van der Waals surface area (Å²) in [4.78, 5) is 13.6. The van der Waals surface area contributed by atoms with E-state index in [-0.39, 0.29) is 12.0 Å². The third-order valence-electron chi connectivity index (χ3n) is 3.19. The topological polar surface area (TPSA) is 75.1 Å². The SMILES string of the molecule is CC(=O)OC/C=C(\C)CC/C=C(\C)C(CC=C(C)C)N=[N+]=[N-]. The molecule has 0 heterocycles. The fourth-order valence-corrected chi connectivity index (χ4v) is 1.80. The quantitative estimate of drug-likeness (QED) is 0.191. The molecule has 0 aliphatic rings. The Labute approximate surface area is 133 Å². The van der Waals surface area contributed by atoms with Gasteiger partial charge in [-0.05, 0) is 58.6 Å². The molecular formula is C17H27N3O2. The summed E-state index contributed by atoms with van der Waals surface area (Å²) in [7, 11) is 0. The number of carbonyl (C=O) groups is 1. The lowest BCUT2D eigenvalue weighted by molar-refractivity contribution is -0.139. The molecule has 1 atom stereocenters. The second kappa shape index (κ2) is 11.6. The van der Waals surface area contributed by atoms with Gasteiger partial charge in [-0.1, -0.05) is 34.0 Å². The number of hydrogen-bond acceptors (Lipinski definition) is 3. The first-order chi connectivity index (χ1) is 10.4. The molecule has 0 spiro atoms. The Hall–Kier alpha value is -2.00. The highest BCUT2D eigenvalue weighted by atomic mass is 16.5. The van der Waals surface area contributed by atoms with Gasteiger partial charge < -0.3 is 4.74 Å². The molecule has 0 radical (unpaired) electrons. The predicted molar refractivity (Wildman–Crippen MR) is 90.4 cm³/mol. The number of allylic oxidation sites excluding steroid dienone is 3. The summed E-state index contributed by atoms with van der Waals surface area (Å²) in [5, 5.41) is 3.86. The van der Waals surface area contributed by atoms with Crippen LogP contribution in [0.3, 0.4) is 0 Å². The zero-order chi connectivity index (χ0) is 17.0. The van der Waals surface area contributed by atoms with Gasteiger partial charge in [0.15, 0.2) is 0 Å². The first-order valence-electron chi connectivity index (χ1n) is 7.50. The van der Waals surface area contributed by atoms with Gasteiger partial charge in [0.2, 0.25) is 0 Å². The molecular weight excluding hydrogens is 278 g/mol.